The third kappa shape index (κ3) is 1.69. The van der Waals surface area contributed by atoms with Gasteiger partial charge >= 0.3 is 5.97 Å². The van der Waals surface area contributed by atoms with E-state index in [0.717, 1.165) is 22.4 Å². The highest BCUT2D eigenvalue weighted by Crippen LogP contribution is 2.24. The van der Waals surface area contributed by atoms with Crippen molar-refractivity contribution in [3.63, 3.8) is 0 Å². The number of imidazole rings is 1. The molecule has 100 valence electrons. The minimum absolute atomic E-state index is 0.314. The first kappa shape index (κ1) is 12.4. The maximum atomic E-state index is 11.4. The SMILES string of the molecule is Cn1c(-c2ccccc2C(=O)O)[n+](C)c2ccccc21. The predicted molar refractivity (Wildman–Crippen MR) is 76.5 cm³/mol. The molecule has 0 fully saturated rings. The summed E-state index contributed by atoms with van der Waals surface area (Å²) in [6.45, 7) is 0. The van der Waals surface area contributed by atoms with Crippen LogP contribution >= 0.6 is 0 Å². The van der Waals surface area contributed by atoms with Crippen molar-refractivity contribution in [2.75, 3.05) is 0 Å². The Kier molecular flexibility index (Phi) is 2.79. The summed E-state index contributed by atoms with van der Waals surface area (Å²) in [6.07, 6.45) is 0. The molecule has 20 heavy (non-hydrogen) atoms. The topological polar surface area (TPSA) is 46.1 Å². The van der Waals surface area contributed by atoms with Crippen LogP contribution in [0.15, 0.2) is 48.5 Å². The van der Waals surface area contributed by atoms with Crippen LogP contribution in [-0.2, 0) is 14.1 Å². The molecule has 0 spiro atoms. The lowest BCUT2D eigenvalue weighted by Crippen LogP contribution is -2.30. The number of aromatic nitrogens is 2. The lowest BCUT2D eigenvalue weighted by Gasteiger charge is -2.03. The molecular weight excluding hydrogens is 252 g/mol. The Morgan fingerprint density at radius 2 is 1.75 bits per heavy atom. The number of carboxylic acid groups (broad SMARTS) is 1. The highest BCUT2D eigenvalue weighted by atomic mass is 16.4. The van der Waals surface area contributed by atoms with Crippen molar-refractivity contribution < 1.29 is 14.5 Å². The molecule has 3 rings (SSSR count). The molecular formula is C16H15N2O2+. The molecule has 0 amide bonds. The van der Waals surface area contributed by atoms with Gasteiger partial charge in [0, 0.05) is 0 Å². The van der Waals surface area contributed by atoms with Crippen LogP contribution in [0.25, 0.3) is 22.4 Å². The molecule has 0 atom stereocenters. The highest BCUT2D eigenvalue weighted by Gasteiger charge is 2.25. The van der Waals surface area contributed by atoms with Crippen molar-refractivity contribution in [2.24, 2.45) is 14.1 Å². The van der Waals surface area contributed by atoms with Gasteiger partial charge < -0.3 is 5.11 Å². The van der Waals surface area contributed by atoms with Crippen molar-refractivity contribution in [1.82, 2.24) is 4.57 Å². The Balaban J connectivity index is 2.39. The third-order valence-electron chi connectivity index (χ3n) is 3.64. The Morgan fingerprint density at radius 3 is 2.45 bits per heavy atom. The van der Waals surface area contributed by atoms with Gasteiger partial charge in [0.25, 0.3) is 5.82 Å². The number of hydrogen-bond donors (Lipinski definition) is 1. The third-order valence-corrected chi connectivity index (χ3v) is 3.64. The van der Waals surface area contributed by atoms with E-state index in [-0.39, 0.29) is 0 Å². The standard InChI is InChI=1S/C16H14N2O2/c1-17-13-9-5-6-10-14(13)18(2)15(17)11-7-3-4-8-12(11)16(19)20/h3-10H,1-2H3/p+1. The van der Waals surface area contributed by atoms with E-state index in [1.165, 1.54) is 0 Å². The maximum absolute atomic E-state index is 11.4. The van der Waals surface area contributed by atoms with E-state index in [2.05, 4.69) is 0 Å². The van der Waals surface area contributed by atoms with Gasteiger partial charge in [0.15, 0.2) is 11.0 Å². The van der Waals surface area contributed by atoms with Crippen LogP contribution in [-0.4, -0.2) is 15.6 Å². The van der Waals surface area contributed by atoms with Gasteiger partial charge in [0.05, 0.1) is 25.2 Å². The fourth-order valence-electron chi connectivity index (χ4n) is 2.71. The number of nitrogens with zero attached hydrogens (tertiary/aromatic N) is 2. The molecule has 4 heteroatoms. The highest BCUT2D eigenvalue weighted by molar-refractivity contribution is 5.95. The first-order chi connectivity index (χ1) is 9.61. The van der Waals surface area contributed by atoms with Gasteiger partial charge in [-0.05, 0) is 24.3 Å². The Labute approximate surface area is 116 Å². The lowest BCUT2D eigenvalue weighted by atomic mass is 10.1. The summed E-state index contributed by atoms with van der Waals surface area (Å²) in [7, 11) is 3.91. The number of hydrogen-bond acceptors (Lipinski definition) is 1. The van der Waals surface area contributed by atoms with E-state index in [9.17, 15) is 9.90 Å². The zero-order chi connectivity index (χ0) is 14.3. The van der Waals surface area contributed by atoms with E-state index in [1.807, 2.05) is 59.6 Å². The van der Waals surface area contributed by atoms with Crippen molar-refractivity contribution >= 4 is 17.0 Å². The summed E-state index contributed by atoms with van der Waals surface area (Å²) >= 11 is 0. The molecule has 0 aliphatic carbocycles. The van der Waals surface area contributed by atoms with Gasteiger partial charge in [-0.15, -0.1) is 0 Å². The summed E-state index contributed by atoms with van der Waals surface area (Å²) in [5.41, 5.74) is 3.19. The number of benzene rings is 2. The molecule has 1 N–H and O–H groups in total. The van der Waals surface area contributed by atoms with Crippen LogP contribution in [0.4, 0.5) is 0 Å². The summed E-state index contributed by atoms with van der Waals surface area (Å²) in [6, 6.07) is 15.1. The Hall–Kier alpha value is -2.62. The van der Waals surface area contributed by atoms with Crippen molar-refractivity contribution in [3.05, 3.63) is 54.1 Å². The van der Waals surface area contributed by atoms with Crippen LogP contribution in [0.1, 0.15) is 10.4 Å². The fraction of sp³-hybridized carbons (Fsp3) is 0.125. The molecule has 0 unspecified atom stereocenters. The van der Waals surface area contributed by atoms with Gasteiger partial charge in [-0.3, -0.25) is 0 Å². The number of carboxylic acids is 1. The van der Waals surface area contributed by atoms with E-state index < -0.39 is 5.97 Å². The van der Waals surface area contributed by atoms with Gasteiger partial charge in [0.2, 0.25) is 0 Å². The number of rotatable bonds is 2. The van der Waals surface area contributed by atoms with Gasteiger partial charge in [-0.2, -0.15) is 0 Å². The second-order valence-electron chi connectivity index (χ2n) is 4.78. The van der Waals surface area contributed by atoms with E-state index in [0.29, 0.717) is 5.56 Å². The molecule has 0 saturated heterocycles. The average molecular weight is 267 g/mol. The zero-order valence-electron chi connectivity index (χ0n) is 11.4. The second kappa shape index (κ2) is 4.49. The smallest absolute Gasteiger partial charge is 0.336 e. The van der Waals surface area contributed by atoms with E-state index in [1.54, 1.807) is 12.1 Å². The first-order valence-electron chi connectivity index (χ1n) is 6.37. The van der Waals surface area contributed by atoms with Crippen LogP contribution in [0.5, 0.6) is 0 Å². The lowest BCUT2D eigenvalue weighted by molar-refractivity contribution is -0.634. The fourth-order valence-corrected chi connectivity index (χ4v) is 2.71. The number of aromatic carboxylic acids is 1. The van der Waals surface area contributed by atoms with Gasteiger partial charge in [0.1, 0.15) is 0 Å². The summed E-state index contributed by atoms with van der Waals surface area (Å²) < 4.78 is 4.05. The summed E-state index contributed by atoms with van der Waals surface area (Å²) in [5, 5.41) is 9.37. The molecule has 0 radical (unpaired) electrons. The predicted octanol–water partition coefficient (Wildman–Crippen LogP) is 2.37. The molecule has 4 nitrogen and oxygen atoms in total. The normalized spacial score (nSPS) is 10.9. The Bertz CT molecular complexity index is 779. The van der Waals surface area contributed by atoms with Crippen LogP contribution in [0.3, 0.4) is 0 Å². The molecule has 0 bridgehead atoms. The molecule has 1 aromatic heterocycles. The van der Waals surface area contributed by atoms with Gasteiger partial charge in [-0.25, -0.2) is 13.9 Å². The summed E-state index contributed by atoms with van der Waals surface area (Å²) in [5.74, 6) is -0.0324. The quantitative estimate of drug-likeness (QED) is 0.725. The maximum Gasteiger partial charge on any atom is 0.336 e. The molecule has 0 aliphatic rings. The molecule has 3 aromatic rings. The first-order valence-corrected chi connectivity index (χ1v) is 6.37. The zero-order valence-corrected chi connectivity index (χ0v) is 11.4. The van der Waals surface area contributed by atoms with Crippen LogP contribution in [0, 0.1) is 0 Å². The minimum atomic E-state index is -0.911. The second-order valence-corrected chi connectivity index (χ2v) is 4.78. The number of carbonyl (C=O) groups is 1. The van der Waals surface area contributed by atoms with Crippen molar-refractivity contribution in [2.45, 2.75) is 0 Å². The van der Waals surface area contributed by atoms with Crippen LogP contribution in [0.2, 0.25) is 0 Å². The van der Waals surface area contributed by atoms with E-state index >= 15 is 0 Å². The average Bonchev–Trinajstić information content (AvgIpc) is 2.71. The molecule has 0 aliphatic heterocycles. The minimum Gasteiger partial charge on any atom is -0.478 e. The van der Waals surface area contributed by atoms with Crippen LogP contribution < -0.4 is 4.57 Å². The number of para-hydroxylation sites is 2. The van der Waals surface area contributed by atoms with Crippen molar-refractivity contribution in [3.8, 4) is 11.4 Å². The molecule has 1 heterocycles. The number of fused-ring (bicyclic) bond motifs is 1. The molecule has 2 aromatic carbocycles. The van der Waals surface area contributed by atoms with Gasteiger partial charge in [-0.1, -0.05) is 24.3 Å². The largest absolute Gasteiger partial charge is 0.478 e. The molecule has 0 saturated carbocycles. The summed E-state index contributed by atoms with van der Waals surface area (Å²) in [4.78, 5) is 11.4. The van der Waals surface area contributed by atoms with Crippen molar-refractivity contribution in [1.29, 1.82) is 0 Å². The Morgan fingerprint density at radius 1 is 1.10 bits per heavy atom. The van der Waals surface area contributed by atoms with E-state index in [4.69, 9.17) is 0 Å². The number of aryl methyl sites for hydroxylation is 2. The monoisotopic (exact) mass is 267 g/mol.